The molecule has 6 nitrogen and oxygen atoms in total. The maximum Gasteiger partial charge on any atom is 0.306 e. The molecule has 0 aromatic carbocycles. The summed E-state index contributed by atoms with van der Waals surface area (Å²) in [5.74, 6) is -0.894. The molecule has 0 radical (unpaired) electrons. The lowest BCUT2D eigenvalue weighted by molar-refractivity contribution is -0.167. The van der Waals surface area contributed by atoms with E-state index in [-0.39, 0.29) is 31.1 Å². The molecule has 0 spiro atoms. The fraction of sp³-hybridized carbons (Fsp3) is 0.807. The van der Waals surface area contributed by atoms with Gasteiger partial charge in [0.2, 0.25) is 0 Å². The van der Waals surface area contributed by atoms with Gasteiger partial charge in [-0.2, -0.15) is 0 Å². The zero-order valence-electron chi connectivity index (χ0n) is 41.8. The molecular formula is C57H102O6. The molecule has 0 aromatic heterocycles. The molecule has 366 valence electrons. The Bertz CT molecular complexity index is 1110. The van der Waals surface area contributed by atoms with E-state index in [1.54, 1.807) is 0 Å². The van der Waals surface area contributed by atoms with Gasteiger partial charge in [-0.3, -0.25) is 14.4 Å². The monoisotopic (exact) mass is 883 g/mol. The average molecular weight is 883 g/mol. The van der Waals surface area contributed by atoms with Crippen LogP contribution in [0.4, 0.5) is 0 Å². The SMILES string of the molecule is CCCCC/C=C\C/C=C\CCCCCCCCCCCC(=O)OC[C@@H](COC(=O)CCCCCCC/C=C\CCCCCC)OC(=O)CCCCCCC/C=C\CCCCCC. The highest BCUT2D eigenvalue weighted by Gasteiger charge is 2.19. The van der Waals surface area contributed by atoms with Gasteiger partial charge in [-0.05, 0) is 103 Å². The van der Waals surface area contributed by atoms with Crippen LogP contribution in [0.5, 0.6) is 0 Å². The summed E-state index contributed by atoms with van der Waals surface area (Å²) in [5.41, 5.74) is 0. The minimum atomic E-state index is -0.780. The maximum absolute atomic E-state index is 12.8. The minimum absolute atomic E-state index is 0.0802. The summed E-state index contributed by atoms with van der Waals surface area (Å²) in [6, 6.07) is 0. The van der Waals surface area contributed by atoms with Gasteiger partial charge in [0.15, 0.2) is 6.10 Å². The smallest absolute Gasteiger partial charge is 0.306 e. The molecule has 0 heterocycles. The number of ether oxygens (including phenoxy) is 3. The Morgan fingerprint density at radius 2 is 0.571 bits per heavy atom. The van der Waals surface area contributed by atoms with E-state index in [1.165, 1.54) is 154 Å². The van der Waals surface area contributed by atoms with Gasteiger partial charge in [0, 0.05) is 19.3 Å². The van der Waals surface area contributed by atoms with Crippen molar-refractivity contribution >= 4 is 17.9 Å². The zero-order chi connectivity index (χ0) is 45.8. The summed E-state index contributed by atoms with van der Waals surface area (Å²) < 4.78 is 16.8. The summed E-state index contributed by atoms with van der Waals surface area (Å²) in [5, 5.41) is 0. The normalized spacial score (nSPS) is 12.4. The van der Waals surface area contributed by atoms with E-state index in [9.17, 15) is 14.4 Å². The third kappa shape index (κ3) is 50.2. The van der Waals surface area contributed by atoms with Gasteiger partial charge in [-0.1, -0.05) is 204 Å². The lowest BCUT2D eigenvalue weighted by Gasteiger charge is -2.18. The molecule has 0 aliphatic carbocycles. The summed E-state index contributed by atoms with van der Waals surface area (Å²) in [7, 11) is 0. The van der Waals surface area contributed by atoms with Crippen molar-refractivity contribution in [2.45, 2.75) is 284 Å². The first-order valence-electron chi connectivity index (χ1n) is 27.1. The van der Waals surface area contributed by atoms with Crippen LogP contribution >= 0.6 is 0 Å². The number of carbonyl (C=O) groups is 3. The van der Waals surface area contributed by atoms with Crippen molar-refractivity contribution < 1.29 is 28.6 Å². The first kappa shape index (κ1) is 60.4. The third-order valence-electron chi connectivity index (χ3n) is 11.8. The summed E-state index contributed by atoms with van der Waals surface area (Å²) >= 11 is 0. The summed E-state index contributed by atoms with van der Waals surface area (Å²) in [4.78, 5) is 38.0. The lowest BCUT2D eigenvalue weighted by Crippen LogP contribution is -2.30. The van der Waals surface area contributed by atoms with E-state index in [0.29, 0.717) is 19.3 Å². The van der Waals surface area contributed by atoms with Crippen LogP contribution < -0.4 is 0 Å². The van der Waals surface area contributed by atoms with Gasteiger partial charge in [0.25, 0.3) is 0 Å². The Hall–Kier alpha value is -2.63. The molecule has 1 atom stereocenters. The van der Waals surface area contributed by atoms with Crippen molar-refractivity contribution in [2.24, 2.45) is 0 Å². The first-order valence-corrected chi connectivity index (χ1v) is 27.1. The number of unbranched alkanes of at least 4 members (excludes halogenated alkanes) is 30. The molecule has 63 heavy (non-hydrogen) atoms. The van der Waals surface area contributed by atoms with Gasteiger partial charge in [0.1, 0.15) is 13.2 Å². The Kier molecular flexibility index (Phi) is 49.8. The Labute approximate surface area is 390 Å². The molecule has 0 fully saturated rings. The highest BCUT2D eigenvalue weighted by Crippen LogP contribution is 2.15. The summed E-state index contributed by atoms with van der Waals surface area (Å²) in [6.07, 6.45) is 62.3. The second-order valence-corrected chi connectivity index (χ2v) is 18.1. The number of hydrogen-bond acceptors (Lipinski definition) is 6. The van der Waals surface area contributed by atoms with Gasteiger partial charge in [-0.15, -0.1) is 0 Å². The predicted octanol–water partition coefficient (Wildman–Crippen LogP) is 17.9. The van der Waals surface area contributed by atoms with Crippen molar-refractivity contribution in [1.29, 1.82) is 0 Å². The molecule has 0 aromatic rings. The van der Waals surface area contributed by atoms with E-state index < -0.39 is 6.10 Å². The first-order chi connectivity index (χ1) is 31.0. The van der Waals surface area contributed by atoms with E-state index >= 15 is 0 Å². The van der Waals surface area contributed by atoms with Crippen molar-refractivity contribution in [3.63, 3.8) is 0 Å². The molecule has 6 heteroatoms. The predicted molar refractivity (Wildman–Crippen MR) is 270 cm³/mol. The molecule has 0 saturated heterocycles. The molecular weight excluding hydrogens is 781 g/mol. The molecule has 0 aliphatic rings. The van der Waals surface area contributed by atoms with Crippen LogP contribution in [-0.2, 0) is 28.6 Å². The van der Waals surface area contributed by atoms with E-state index in [4.69, 9.17) is 14.2 Å². The fourth-order valence-electron chi connectivity index (χ4n) is 7.64. The maximum atomic E-state index is 12.8. The number of hydrogen-bond donors (Lipinski definition) is 0. The largest absolute Gasteiger partial charge is 0.462 e. The second kappa shape index (κ2) is 52.0. The van der Waals surface area contributed by atoms with Gasteiger partial charge >= 0.3 is 17.9 Å². The van der Waals surface area contributed by atoms with Crippen LogP contribution in [0.2, 0.25) is 0 Å². The highest BCUT2D eigenvalue weighted by atomic mass is 16.6. The van der Waals surface area contributed by atoms with E-state index in [0.717, 1.165) is 83.5 Å². The van der Waals surface area contributed by atoms with Crippen molar-refractivity contribution in [3.05, 3.63) is 48.6 Å². The van der Waals surface area contributed by atoms with Gasteiger partial charge in [-0.25, -0.2) is 0 Å². The van der Waals surface area contributed by atoms with Crippen LogP contribution in [-0.4, -0.2) is 37.2 Å². The second-order valence-electron chi connectivity index (χ2n) is 18.1. The number of rotatable bonds is 49. The molecule has 0 aliphatic heterocycles. The Morgan fingerprint density at radius 3 is 0.921 bits per heavy atom. The molecule has 0 unspecified atom stereocenters. The zero-order valence-corrected chi connectivity index (χ0v) is 41.8. The summed E-state index contributed by atoms with van der Waals surface area (Å²) in [6.45, 7) is 6.58. The lowest BCUT2D eigenvalue weighted by atomic mass is 10.1. The Morgan fingerprint density at radius 1 is 0.317 bits per heavy atom. The molecule has 0 rings (SSSR count). The van der Waals surface area contributed by atoms with E-state index in [2.05, 4.69) is 69.4 Å². The van der Waals surface area contributed by atoms with Crippen LogP contribution in [0, 0.1) is 0 Å². The van der Waals surface area contributed by atoms with Gasteiger partial charge < -0.3 is 14.2 Å². The van der Waals surface area contributed by atoms with Crippen molar-refractivity contribution in [1.82, 2.24) is 0 Å². The number of esters is 3. The van der Waals surface area contributed by atoms with Crippen LogP contribution in [0.1, 0.15) is 278 Å². The quantitative estimate of drug-likeness (QED) is 0.0262. The van der Waals surface area contributed by atoms with Gasteiger partial charge in [0.05, 0.1) is 0 Å². The minimum Gasteiger partial charge on any atom is -0.462 e. The molecule has 0 bridgehead atoms. The Balaban J connectivity index is 4.35. The van der Waals surface area contributed by atoms with E-state index in [1.807, 2.05) is 0 Å². The molecule has 0 amide bonds. The van der Waals surface area contributed by atoms with Crippen LogP contribution in [0.3, 0.4) is 0 Å². The van der Waals surface area contributed by atoms with Crippen molar-refractivity contribution in [2.75, 3.05) is 13.2 Å². The average Bonchev–Trinajstić information content (AvgIpc) is 3.28. The van der Waals surface area contributed by atoms with Crippen LogP contribution in [0.25, 0.3) is 0 Å². The standard InChI is InChI=1S/C57H102O6/c1-4-7-10-13-16-19-22-25-26-27-28-29-30-33-35-38-41-44-47-50-56(59)62-53-54(63-57(60)51-48-45-42-39-36-32-24-21-18-15-12-9-6-3)52-61-55(58)49-46-43-40-37-34-31-23-20-17-14-11-8-5-2/h16,19-21,23-26,54H,4-15,17-18,22,27-53H2,1-3H3/b19-16-,23-20-,24-21-,26-25-/t54-/m1/s1. The number of allylic oxidation sites excluding steroid dienone is 8. The fourth-order valence-corrected chi connectivity index (χ4v) is 7.64. The third-order valence-corrected chi connectivity index (χ3v) is 11.8. The highest BCUT2D eigenvalue weighted by molar-refractivity contribution is 5.71. The molecule has 0 N–H and O–H groups in total. The van der Waals surface area contributed by atoms with Crippen molar-refractivity contribution in [3.8, 4) is 0 Å². The molecule has 0 saturated carbocycles. The van der Waals surface area contributed by atoms with Crippen LogP contribution in [0.15, 0.2) is 48.6 Å². The number of carbonyl (C=O) groups excluding carboxylic acids is 3. The topological polar surface area (TPSA) is 78.9 Å².